The number of pyridine rings is 3. The van der Waals surface area contributed by atoms with Crippen molar-refractivity contribution in [1.29, 1.82) is 5.26 Å². The van der Waals surface area contributed by atoms with Crippen molar-refractivity contribution < 1.29 is 9.47 Å². The summed E-state index contributed by atoms with van der Waals surface area (Å²) in [5, 5.41) is 14.1. The van der Waals surface area contributed by atoms with Gasteiger partial charge in [0.15, 0.2) is 0 Å². The van der Waals surface area contributed by atoms with Crippen LogP contribution in [0.1, 0.15) is 37.8 Å². The van der Waals surface area contributed by atoms with Gasteiger partial charge in [-0.3, -0.25) is 0 Å². The highest BCUT2D eigenvalue weighted by molar-refractivity contribution is 5.86. The summed E-state index contributed by atoms with van der Waals surface area (Å²) in [7, 11) is 0. The highest BCUT2D eigenvalue weighted by atomic mass is 16.5. The Balaban J connectivity index is 1.38. The lowest BCUT2D eigenvalue weighted by molar-refractivity contribution is 0.164. The molecule has 1 fully saturated rings. The van der Waals surface area contributed by atoms with Gasteiger partial charge in [0, 0.05) is 55.5 Å². The molecule has 36 heavy (non-hydrogen) atoms. The van der Waals surface area contributed by atoms with Crippen molar-refractivity contribution in [2.75, 3.05) is 24.6 Å². The molecule has 5 heterocycles. The maximum Gasteiger partial charge on any atom is 0.213 e. The third-order valence-electron chi connectivity index (χ3n) is 6.37. The normalized spacial score (nSPS) is 14.2. The lowest BCUT2D eigenvalue weighted by Gasteiger charge is -2.33. The number of piperidine rings is 1. The first kappa shape index (κ1) is 23.6. The second-order valence-corrected chi connectivity index (χ2v) is 9.59. The van der Waals surface area contributed by atoms with Crippen molar-refractivity contribution in [3.05, 3.63) is 66.2 Å². The van der Waals surface area contributed by atoms with E-state index in [1.165, 1.54) is 0 Å². The number of aryl methyl sites for hydroxylation is 1. The molecule has 8 heteroatoms. The molecule has 0 amide bonds. The molecule has 0 N–H and O–H groups in total. The highest BCUT2D eigenvalue weighted by Gasteiger charge is 2.23. The number of anilines is 1. The molecule has 1 aliphatic heterocycles. The number of aromatic nitrogens is 4. The number of nitriles is 1. The summed E-state index contributed by atoms with van der Waals surface area (Å²) in [6.45, 7) is 8.65. The smallest absolute Gasteiger partial charge is 0.213 e. The first-order chi connectivity index (χ1) is 17.5. The summed E-state index contributed by atoms with van der Waals surface area (Å²) in [5.74, 6) is 2.75. The third kappa shape index (κ3) is 4.96. The Morgan fingerprint density at radius 3 is 2.64 bits per heavy atom. The van der Waals surface area contributed by atoms with E-state index in [0.717, 1.165) is 59.7 Å². The molecule has 0 aromatic carbocycles. The third-order valence-corrected chi connectivity index (χ3v) is 6.37. The van der Waals surface area contributed by atoms with E-state index in [4.69, 9.17) is 14.5 Å². The van der Waals surface area contributed by atoms with Gasteiger partial charge in [-0.1, -0.05) is 19.9 Å². The quantitative estimate of drug-likeness (QED) is 0.364. The number of nitrogens with zero attached hydrogens (tertiary/aromatic N) is 6. The molecule has 4 aromatic heterocycles. The second kappa shape index (κ2) is 10.2. The lowest BCUT2D eigenvalue weighted by atomic mass is 10.0. The van der Waals surface area contributed by atoms with E-state index in [0.29, 0.717) is 24.0 Å². The maximum absolute atomic E-state index is 9.67. The van der Waals surface area contributed by atoms with E-state index in [2.05, 4.69) is 47.9 Å². The van der Waals surface area contributed by atoms with Crippen LogP contribution in [0.3, 0.4) is 0 Å². The van der Waals surface area contributed by atoms with Crippen molar-refractivity contribution in [2.45, 2.75) is 39.7 Å². The summed E-state index contributed by atoms with van der Waals surface area (Å²) in [5.41, 5.74) is 4.23. The van der Waals surface area contributed by atoms with E-state index in [-0.39, 0.29) is 6.10 Å². The lowest BCUT2D eigenvalue weighted by Crippen LogP contribution is -2.38. The van der Waals surface area contributed by atoms with Gasteiger partial charge in [0.1, 0.15) is 23.7 Å². The van der Waals surface area contributed by atoms with Crippen LogP contribution >= 0.6 is 0 Å². The van der Waals surface area contributed by atoms with Crippen molar-refractivity contribution in [3.63, 3.8) is 0 Å². The Bertz CT molecular complexity index is 1380. The summed E-state index contributed by atoms with van der Waals surface area (Å²) in [6.07, 6.45) is 9.06. The molecule has 8 nitrogen and oxygen atoms in total. The molecule has 1 saturated heterocycles. The predicted octanol–water partition coefficient (Wildman–Crippen LogP) is 5.05. The Morgan fingerprint density at radius 1 is 1.11 bits per heavy atom. The largest absolute Gasteiger partial charge is 0.492 e. The van der Waals surface area contributed by atoms with Crippen LogP contribution in [0.15, 0.2) is 55.1 Å². The fourth-order valence-electron chi connectivity index (χ4n) is 4.51. The van der Waals surface area contributed by atoms with Gasteiger partial charge in [-0.15, -0.1) is 0 Å². The molecule has 0 unspecified atom stereocenters. The van der Waals surface area contributed by atoms with Crippen molar-refractivity contribution in [3.8, 4) is 28.8 Å². The van der Waals surface area contributed by atoms with E-state index < -0.39 is 0 Å². The van der Waals surface area contributed by atoms with Gasteiger partial charge in [0.05, 0.1) is 30.1 Å². The molecule has 0 saturated carbocycles. The van der Waals surface area contributed by atoms with Crippen molar-refractivity contribution in [1.82, 2.24) is 19.6 Å². The van der Waals surface area contributed by atoms with Crippen LogP contribution in [-0.4, -0.2) is 45.4 Å². The zero-order valence-electron chi connectivity index (χ0n) is 20.9. The van der Waals surface area contributed by atoms with E-state index >= 15 is 0 Å². The fourth-order valence-corrected chi connectivity index (χ4v) is 4.51. The molecule has 0 atom stereocenters. The highest BCUT2D eigenvalue weighted by Crippen LogP contribution is 2.34. The molecular formula is C28H30N6O2. The topological polar surface area (TPSA) is 88.6 Å². The van der Waals surface area contributed by atoms with Gasteiger partial charge in [-0.05, 0) is 36.6 Å². The fraction of sp³-hybridized carbons (Fsp3) is 0.357. The maximum atomic E-state index is 9.67. The molecular weight excluding hydrogens is 452 g/mol. The number of ether oxygens (including phenoxy) is 2. The first-order valence-corrected chi connectivity index (χ1v) is 12.4. The minimum absolute atomic E-state index is 0.157. The molecule has 0 aliphatic carbocycles. The van der Waals surface area contributed by atoms with Gasteiger partial charge in [0.2, 0.25) is 5.88 Å². The van der Waals surface area contributed by atoms with E-state index in [9.17, 15) is 5.26 Å². The van der Waals surface area contributed by atoms with Crippen molar-refractivity contribution >= 4 is 11.3 Å². The van der Waals surface area contributed by atoms with Crippen LogP contribution in [0.4, 0.5) is 5.82 Å². The second-order valence-electron chi connectivity index (χ2n) is 9.59. The van der Waals surface area contributed by atoms with Crippen LogP contribution in [0.25, 0.3) is 16.6 Å². The molecule has 5 rings (SSSR count). The van der Waals surface area contributed by atoms with Gasteiger partial charge in [-0.25, -0.2) is 14.5 Å². The van der Waals surface area contributed by atoms with Gasteiger partial charge in [0.25, 0.3) is 0 Å². The Morgan fingerprint density at radius 2 is 1.94 bits per heavy atom. The summed E-state index contributed by atoms with van der Waals surface area (Å²) < 4.78 is 13.8. The number of hydrogen-bond acceptors (Lipinski definition) is 7. The molecule has 184 valence electrons. The number of rotatable bonds is 7. The van der Waals surface area contributed by atoms with Crippen LogP contribution in [-0.2, 0) is 0 Å². The Labute approximate surface area is 211 Å². The van der Waals surface area contributed by atoms with Crippen LogP contribution in [0.5, 0.6) is 11.6 Å². The summed E-state index contributed by atoms with van der Waals surface area (Å²) in [4.78, 5) is 11.4. The summed E-state index contributed by atoms with van der Waals surface area (Å²) >= 11 is 0. The van der Waals surface area contributed by atoms with E-state index in [1.807, 2.05) is 36.7 Å². The van der Waals surface area contributed by atoms with Crippen LogP contribution in [0, 0.1) is 24.2 Å². The van der Waals surface area contributed by atoms with Crippen LogP contribution < -0.4 is 14.4 Å². The molecule has 0 radical (unpaired) electrons. The molecule has 0 bridgehead atoms. The Kier molecular flexibility index (Phi) is 6.72. The average molecular weight is 483 g/mol. The zero-order chi connectivity index (χ0) is 25.1. The zero-order valence-corrected chi connectivity index (χ0v) is 20.9. The van der Waals surface area contributed by atoms with Crippen molar-refractivity contribution in [2.24, 2.45) is 5.92 Å². The molecule has 0 spiro atoms. The minimum atomic E-state index is 0.157. The minimum Gasteiger partial charge on any atom is -0.492 e. The monoisotopic (exact) mass is 482 g/mol. The standard InChI is InChI=1S/C28H30N6O2/c1-19(2)18-35-23-13-24(28-21(14-29)15-32-34(28)17-23)25-16-31-26(12-20(25)3)33-10-7-22(8-11-33)36-27-6-4-5-9-30-27/h4-6,9,12-13,15-17,19,22H,7-8,10-11,18H2,1-3H3. The van der Waals surface area contributed by atoms with Gasteiger partial charge < -0.3 is 14.4 Å². The van der Waals surface area contributed by atoms with Crippen LogP contribution in [0.2, 0.25) is 0 Å². The predicted molar refractivity (Wildman–Crippen MR) is 138 cm³/mol. The van der Waals surface area contributed by atoms with E-state index in [1.54, 1.807) is 16.9 Å². The number of hydrogen-bond donors (Lipinski definition) is 0. The Hall–Kier alpha value is -4.12. The first-order valence-electron chi connectivity index (χ1n) is 12.4. The van der Waals surface area contributed by atoms with Gasteiger partial charge >= 0.3 is 0 Å². The SMILES string of the molecule is Cc1cc(N2CCC(Oc3ccccn3)CC2)ncc1-c1cc(OCC(C)C)cn2ncc(C#N)c12. The van der Waals surface area contributed by atoms with Gasteiger partial charge in [-0.2, -0.15) is 10.4 Å². The summed E-state index contributed by atoms with van der Waals surface area (Å²) in [6, 6.07) is 12.1. The molecule has 1 aliphatic rings. The number of fused-ring (bicyclic) bond motifs is 1. The average Bonchev–Trinajstić information content (AvgIpc) is 3.31. The molecule has 4 aromatic rings.